The Bertz CT molecular complexity index is 2120. The van der Waals surface area contributed by atoms with Gasteiger partial charge in [-0.05, 0) is 54.6 Å². The second kappa shape index (κ2) is 7.75. The molecule has 0 fully saturated rings. The molecule has 0 spiro atoms. The molecule has 0 saturated heterocycles. The van der Waals surface area contributed by atoms with Crippen molar-refractivity contribution in [3.63, 3.8) is 0 Å². The van der Waals surface area contributed by atoms with E-state index in [-0.39, 0.29) is 12.0 Å². The smallest absolute Gasteiger partial charge is 0.128 e. The molecule has 5 aromatic carbocycles. The van der Waals surface area contributed by atoms with Crippen molar-refractivity contribution in [1.29, 1.82) is 0 Å². The molecular formula is C36H24N2O. The minimum absolute atomic E-state index is 0.0836. The molecule has 0 amide bonds. The van der Waals surface area contributed by atoms with E-state index in [1.54, 1.807) is 0 Å². The standard InChI is InChI=1S/C36H24N2O/c1-5-14-29-24(10-1)25-11-2-6-15-30(25)38(29)33-18-9-17-32-36(33)27-13-3-7-16-31(27)37(32)23-20-21-35-28(22-23)26-12-4-8-19-34(26)39-35/h1-22,26,34H. The van der Waals surface area contributed by atoms with E-state index < -0.39 is 0 Å². The molecule has 9 rings (SSSR count). The van der Waals surface area contributed by atoms with E-state index in [9.17, 15) is 0 Å². The molecule has 2 aliphatic rings. The predicted octanol–water partition coefficient (Wildman–Crippen LogP) is 8.85. The second-order valence-electron chi connectivity index (χ2n) is 10.5. The highest BCUT2D eigenvalue weighted by Crippen LogP contribution is 2.44. The Balaban J connectivity index is 1.36. The number of allylic oxidation sites excluding steroid dienone is 2. The number of para-hydroxylation sites is 3. The highest BCUT2D eigenvalue weighted by Gasteiger charge is 2.32. The zero-order valence-corrected chi connectivity index (χ0v) is 21.2. The number of hydrogen-bond acceptors (Lipinski definition) is 1. The van der Waals surface area contributed by atoms with Crippen LogP contribution in [-0.2, 0) is 0 Å². The van der Waals surface area contributed by atoms with E-state index in [0.29, 0.717) is 0 Å². The van der Waals surface area contributed by atoms with Gasteiger partial charge in [-0.15, -0.1) is 0 Å². The largest absolute Gasteiger partial charge is 0.485 e. The Kier molecular flexibility index (Phi) is 4.17. The molecule has 0 bridgehead atoms. The first kappa shape index (κ1) is 21.0. The van der Waals surface area contributed by atoms with E-state index in [0.717, 1.165) is 11.4 Å². The molecule has 0 saturated carbocycles. The molecule has 3 heteroatoms. The average molecular weight is 501 g/mol. The summed E-state index contributed by atoms with van der Waals surface area (Å²) < 4.78 is 11.1. The summed E-state index contributed by atoms with van der Waals surface area (Å²) in [7, 11) is 0. The lowest BCUT2D eigenvalue weighted by atomic mass is 9.92. The van der Waals surface area contributed by atoms with Crippen LogP contribution in [0.3, 0.4) is 0 Å². The van der Waals surface area contributed by atoms with Crippen molar-refractivity contribution in [3.8, 4) is 17.1 Å². The number of rotatable bonds is 2. The molecule has 1 aliphatic carbocycles. The minimum Gasteiger partial charge on any atom is -0.485 e. The Morgan fingerprint density at radius 2 is 1.18 bits per heavy atom. The summed E-state index contributed by atoms with van der Waals surface area (Å²) >= 11 is 0. The van der Waals surface area contributed by atoms with Gasteiger partial charge in [0.25, 0.3) is 0 Å². The highest BCUT2D eigenvalue weighted by molar-refractivity contribution is 6.16. The van der Waals surface area contributed by atoms with Crippen LogP contribution in [0.25, 0.3) is 55.0 Å². The Labute approximate surface area is 225 Å². The summed E-state index contributed by atoms with van der Waals surface area (Å²) in [5.74, 6) is 1.24. The quantitative estimate of drug-likeness (QED) is 0.232. The van der Waals surface area contributed by atoms with Crippen molar-refractivity contribution in [3.05, 3.63) is 139 Å². The average Bonchev–Trinajstić information content (AvgIpc) is 3.64. The van der Waals surface area contributed by atoms with Gasteiger partial charge in [0.15, 0.2) is 0 Å². The molecule has 2 aromatic heterocycles. The van der Waals surface area contributed by atoms with Gasteiger partial charge in [0.2, 0.25) is 0 Å². The fourth-order valence-corrected chi connectivity index (χ4v) is 6.82. The van der Waals surface area contributed by atoms with Crippen LogP contribution in [0.5, 0.6) is 5.75 Å². The molecule has 1 aliphatic heterocycles. The third-order valence-electron chi connectivity index (χ3n) is 8.45. The van der Waals surface area contributed by atoms with Gasteiger partial charge >= 0.3 is 0 Å². The topological polar surface area (TPSA) is 19.1 Å². The summed E-state index contributed by atoms with van der Waals surface area (Å²) in [6, 6.07) is 39.6. The van der Waals surface area contributed by atoms with Crippen molar-refractivity contribution in [2.75, 3.05) is 0 Å². The summed E-state index contributed by atoms with van der Waals surface area (Å²) in [5.41, 5.74) is 8.46. The van der Waals surface area contributed by atoms with Gasteiger partial charge in [-0.3, -0.25) is 0 Å². The molecular weight excluding hydrogens is 476 g/mol. The van der Waals surface area contributed by atoms with Gasteiger partial charge in [0, 0.05) is 38.7 Å². The lowest BCUT2D eigenvalue weighted by Gasteiger charge is -2.14. The summed E-state index contributed by atoms with van der Waals surface area (Å²) in [6.45, 7) is 0. The van der Waals surface area contributed by atoms with Crippen LogP contribution in [0.4, 0.5) is 0 Å². The molecule has 0 N–H and O–H groups in total. The normalized spacial score (nSPS) is 17.7. The van der Waals surface area contributed by atoms with Crippen molar-refractivity contribution in [2.45, 2.75) is 12.0 Å². The van der Waals surface area contributed by atoms with Gasteiger partial charge < -0.3 is 13.9 Å². The number of nitrogens with zero attached hydrogens (tertiary/aromatic N) is 2. The van der Waals surface area contributed by atoms with Gasteiger partial charge in [0.1, 0.15) is 11.9 Å². The molecule has 184 valence electrons. The number of benzene rings is 5. The fourth-order valence-electron chi connectivity index (χ4n) is 6.82. The zero-order chi connectivity index (χ0) is 25.5. The first-order valence-corrected chi connectivity index (χ1v) is 13.5. The van der Waals surface area contributed by atoms with Crippen LogP contribution in [0.1, 0.15) is 11.5 Å². The maximum absolute atomic E-state index is 6.26. The van der Waals surface area contributed by atoms with Gasteiger partial charge in [-0.25, -0.2) is 0 Å². The van der Waals surface area contributed by atoms with E-state index in [1.165, 1.54) is 54.9 Å². The van der Waals surface area contributed by atoms with Crippen molar-refractivity contribution in [2.24, 2.45) is 0 Å². The number of hydrogen-bond donors (Lipinski definition) is 0. The molecule has 2 atom stereocenters. The summed E-state index contributed by atoms with van der Waals surface area (Å²) in [6.07, 6.45) is 8.71. The predicted molar refractivity (Wildman–Crippen MR) is 161 cm³/mol. The fraction of sp³-hybridized carbons (Fsp3) is 0.0556. The third kappa shape index (κ3) is 2.82. The first-order chi connectivity index (χ1) is 19.4. The van der Waals surface area contributed by atoms with Gasteiger partial charge in [-0.2, -0.15) is 0 Å². The molecule has 3 heterocycles. The Morgan fingerprint density at radius 1 is 0.538 bits per heavy atom. The summed E-state index contributed by atoms with van der Waals surface area (Å²) in [5, 5.41) is 5.06. The van der Waals surface area contributed by atoms with Crippen molar-refractivity contribution >= 4 is 43.6 Å². The minimum atomic E-state index is 0.0836. The Hall–Kier alpha value is -5.02. The van der Waals surface area contributed by atoms with Crippen LogP contribution in [0, 0.1) is 0 Å². The van der Waals surface area contributed by atoms with Crippen LogP contribution >= 0.6 is 0 Å². The SMILES string of the molecule is C1=CC2Oc3ccc(-n4c5ccccc5c5c(-n6c7ccccc7c7ccccc76)cccc54)cc3C2C=C1. The molecule has 7 aromatic rings. The van der Waals surface area contributed by atoms with E-state index in [2.05, 4.69) is 143 Å². The Morgan fingerprint density at radius 3 is 1.95 bits per heavy atom. The van der Waals surface area contributed by atoms with Crippen LogP contribution < -0.4 is 4.74 Å². The second-order valence-corrected chi connectivity index (χ2v) is 10.5. The maximum atomic E-state index is 6.26. The van der Waals surface area contributed by atoms with E-state index in [1.807, 2.05) is 0 Å². The van der Waals surface area contributed by atoms with Gasteiger partial charge in [-0.1, -0.05) is 78.9 Å². The van der Waals surface area contributed by atoms with Crippen LogP contribution in [0.2, 0.25) is 0 Å². The van der Waals surface area contributed by atoms with Crippen LogP contribution in [0.15, 0.2) is 133 Å². The third-order valence-corrected chi connectivity index (χ3v) is 8.45. The number of aromatic nitrogens is 2. The molecule has 0 radical (unpaired) electrons. The monoisotopic (exact) mass is 500 g/mol. The molecule has 39 heavy (non-hydrogen) atoms. The van der Waals surface area contributed by atoms with Crippen molar-refractivity contribution < 1.29 is 4.74 Å². The maximum Gasteiger partial charge on any atom is 0.128 e. The van der Waals surface area contributed by atoms with Gasteiger partial charge in [0.05, 0.1) is 27.8 Å². The first-order valence-electron chi connectivity index (χ1n) is 13.5. The van der Waals surface area contributed by atoms with E-state index >= 15 is 0 Å². The van der Waals surface area contributed by atoms with Crippen LogP contribution in [-0.4, -0.2) is 15.2 Å². The molecule has 3 nitrogen and oxygen atoms in total. The number of ether oxygens (including phenoxy) is 1. The lowest BCUT2D eigenvalue weighted by Crippen LogP contribution is -2.15. The van der Waals surface area contributed by atoms with Crippen molar-refractivity contribution in [1.82, 2.24) is 9.13 Å². The highest BCUT2D eigenvalue weighted by atomic mass is 16.5. The number of fused-ring (bicyclic) bond motifs is 9. The zero-order valence-electron chi connectivity index (χ0n) is 21.2. The molecule has 2 unspecified atom stereocenters. The van der Waals surface area contributed by atoms with E-state index in [4.69, 9.17) is 4.74 Å². The summed E-state index contributed by atoms with van der Waals surface area (Å²) in [4.78, 5) is 0. The lowest BCUT2D eigenvalue weighted by molar-refractivity contribution is 0.269.